The molecular formula is C23H20N4O2. The zero-order chi connectivity index (χ0) is 20.4. The van der Waals surface area contributed by atoms with E-state index < -0.39 is 5.92 Å². The lowest BCUT2D eigenvalue weighted by molar-refractivity contribution is -0.114. The molecule has 6 heteroatoms. The Bertz CT molecular complexity index is 1100. The molecule has 0 bridgehead atoms. The summed E-state index contributed by atoms with van der Waals surface area (Å²) in [5.74, 6) is -0.863. The Kier molecular flexibility index (Phi) is 4.91. The Hall–Kier alpha value is -3.80. The molecule has 0 saturated carbocycles. The maximum atomic E-state index is 13.3. The summed E-state index contributed by atoms with van der Waals surface area (Å²) < 4.78 is 0. The molecule has 0 saturated heterocycles. The third-order valence-electron chi connectivity index (χ3n) is 4.79. The van der Waals surface area contributed by atoms with E-state index in [1.165, 1.54) is 0 Å². The van der Waals surface area contributed by atoms with E-state index in [2.05, 4.69) is 20.8 Å². The zero-order valence-electron chi connectivity index (χ0n) is 16.1. The summed E-state index contributed by atoms with van der Waals surface area (Å²) in [7, 11) is 0. The lowest BCUT2D eigenvalue weighted by atomic mass is 9.76. The van der Waals surface area contributed by atoms with Gasteiger partial charge in [0.2, 0.25) is 5.95 Å². The van der Waals surface area contributed by atoms with Crippen LogP contribution in [0.1, 0.15) is 38.8 Å². The summed E-state index contributed by atoms with van der Waals surface area (Å²) in [6, 6.07) is 18.2. The van der Waals surface area contributed by atoms with Gasteiger partial charge in [-0.2, -0.15) is 0 Å². The van der Waals surface area contributed by atoms with Crippen LogP contribution in [0.4, 0.5) is 5.95 Å². The van der Waals surface area contributed by atoms with E-state index in [-0.39, 0.29) is 11.6 Å². The van der Waals surface area contributed by atoms with Gasteiger partial charge in [0.25, 0.3) is 0 Å². The molecule has 6 nitrogen and oxygen atoms in total. The van der Waals surface area contributed by atoms with Gasteiger partial charge in [0.1, 0.15) is 5.92 Å². The van der Waals surface area contributed by atoms with Gasteiger partial charge in [-0.15, -0.1) is 0 Å². The fourth-order valence-electron chi connectivity index (χ4n) is 3.55. The Balaban J connectivity index is 1.69. The van der Waals surface area contributed by atoms with E-state index in [1.54, 1.807) is 36.5 Å². The Morgan fingerprint density at radius 3 is 2.14 bits per heavy atom. The number of nitrogens with zero attached hydrogens (tertiary/aromatic N) is 2. The van der Waals surface area contributed by atoms with Gasteiger partial charge in [-0.1, -0.05) is 54.6 Å². The van der Waals surface area contributed by atoms with Crippen molar-refractivity contribution in [2.75, 3.05) is 5.43 Å². The number of ketones is 2. The van der Waals surface area contributed by atoms with Gasteiger partial charge in [0, 0.05) is 28.7 Å². The van der Waals surface area contributed by atoms with Gasteiger partial charge in [-0.05, 0) is 31.0 Å². The van der Waals surface area contributed by atoms with Crippen molar-refractivity contribution >= 4 is 23.1 Å². The molecule has 0 unspecified atom stereocenters. The highest BCUT2D eigenvalue weighted by Gasteiger charge is 2.38. The van der Waals surface area contributed by atoms with Gasteiger partial charge < -0.3 is 5.43 Å². The van der Waals surface area contributed by atoms with Crippen molar-refractivity contribution in [1.29, 1.82) is 0 Å². The van der Waals surface area contributed by atoms with Crippen molar-refractivity contribution in [3.8, 4) is 0 Å². The first-order valence-electron chi connectivity index (χ1n) is 9.31. The van der Waals surface area contributed by atoms with Crippen molar-refractivity contribution in [2.24, 2.45) is 0 Å². The van der Waals surface area contributed by atoms with E-state index in [0.29, 0.717) is 28.2 Å². The molecule has 1 aromatic heterocycles. The molecule has 0 radical (unpaired) electrons. The van der Waals surface area contributed by atoms with Crippen LogP contribution in [-0.4, -0.2) is 21.5 Å². The number of Topliss-reactive ketones (excluding diaryl/α,β-unsaturated/α-hetero) is 2. The van der Waals surface area contributed by atoms with E-state index in [1.807, 2.05) is 44.2 Å². The predicted molar refractivity (Wildman–Crippen MR) is 111 cm³/mol. The first kappa shape index (κ1) is 18.6. The smallest absolute Gasteiger partial charge is 0.242 e. The van der Waals surface area contributed by atoms with Crippen LogP contribution in [-0.2, 0) is 4.79 Å². The molecule has 0 spiro atoms. The normalized spacial score (nSPS) is 17.2. The molecular weight excluding hydrogens is 364 g/mol. The van der Waals surface area contributed by atoms with Crippen molar-refractivity contribution in [3.05, 3.63) is 94.9 Å². The second-order valence-corrected chi connectivity index (χ2v) is 6.92. The summed E-state index contributed by atoms with van der Waals surface area (Å²) >= 11 is 0. The van der Waals surface area contributed by atoms with E-state index >= 15 is 0 Å². The second-order valence-electron chi connectivity index (χ2n) is 6.92. The Morgan fingerprint density at radius 1 is 0.828 bits per heavy atom. The van der Waals surface area contributed by atoms with Crippen molar-refractivity contribution in [1.82, 2.24) is 15.4 Å². The highest BCUT2D eigenvalue weighted by atomic mass is 16.2. The van der Waals surface area contributed by atoms with Crippen molar-refractivity contribution < 1.29 is 9.59 Å². The minimum atomic E-state index is -0.850. The maximum absolute atomic E-state index is 13.3. The number of hydrazine groups is 1. The molecule has 1 atom stereocenters. The first-order valence-corrected chi connectivity index (χ1v) is 9.31. The van der Waals surface area contributed by atoms with Crippen LogP contribution in [0.5, 0.6) is 0 Å². The summed E-state index contributed by atoms with van der Waals surface area (Å²) in [5, 5.41) is 0. The van der Waals surface area contributed by atoms with Gasteiger partial charge in [-0.25, -0.2) is 9.97 Å². The number of aryl methyl sites for hydroxylation is 2. The van der Waals surface area contributed by atoms with E-state index in [4.69, 9.17) is 0 Å². The fraction of sp³-hybridized carbons (Fsp3) is 0.130. The van der Waals surface area contributed by atoms with Gasteiger partial charge in [0.15, 0.2) is 11.6 Å². The highest BCUT2D eigenvalue weighted by Crippen LogP contribution is 2.36. The SMILES string of the molecule is Cc1cc(C)nc(NN/C=C2/C(=O)[C@H](c3ccccc3)C(=O)c3ccccc32)n1. The summed E-state index contributed by atoms with van der Waals surface area (Å²) in [6.07, 6.45) is 1.57. The monoisotopic (exact) mass is 384 g/mol. The summed E-state index contributed by atoms with van der Waals surface area (Å²) in [6.45, 7) is 3.77. The molecule has 2 aromatic carbocycles. The quantitative estimate of drug-likeness (QED) is 0.406. The molecule has 0 amide bonds. The number of aromatic nitrogens is 2. The van der Waals surface area contributed by atoms with Gasteiger partial charge >= 0.3 is 0 Å². The average Bonchev–Trinajstić information content (AvgIpc) is 2.71. The number of benzene rings is 2. The third kappa shape index (κ3) is 3.65. The molecule has 0 fully saturated rings. The summed E-state index contributed by atoms with van der Waals surface area (Å²) in [5.41, 5.74) is 9.77. The topological polar surface area (TPSA) is 84.0 Å². The highest BCUT2D eigenvalue weighted by molar-refractivity contribution is 6.37. The maximum Gasteiger partial charge on any atom is 0.242 e. The fourth-order valence-corrected chi connectivity index (χ4v) is 3.55. The van der Waals surface area contributed by atoms with Crippen molar-refractivity contribution in [2.45, 2.75) is 19.8 Å². The molecule has 3 aromatic rings. The number of hydrogen-bond acceptors (Lipinski definition) is 6. The third-order valence-corrected chi connectivity index (χ3v) is 4.79. The molecule has 2 N–H and O–H groups in total. The van der Waals surface area contributed by atoms with Crippen LogP contribution in [0.3, 0.4) is 0 Å². The molecule has 144 valence electrons. The summed E-state index contributed by atoms with van der Waals surface area (Å²) in [4.78, 5) is 34.9. The number of anilines is 1. The number of rotatable bonds is 4. The van der Waals surface area contributed by atoms with Crippen molar-refractivity contribution in [3.63, 3.8) is 0 Å². The van der Waals surface area contributed by atoms with Crippen LogP contribution < -0.4 is 10.9 Å². The van der Waals surface area contributed by atoms with E-state index in [9.17, 15) is 9.59 Å². The average molecular weight is 384 g/mol. The van der Waals surface area contributed by atoms with Gasteiger partial charge in [-0.3, -0.25) is 15.0 Å². The molecule has 4 rings (SSSR count). The molecule has 1 heterocycles. The predicted octanol–water partition coefficient (Wildman–Crippen LogP) is 3.60. The molecule has 1 aliphatic rings. The number of hydrogen-bond donors (Lipinski definition) is 2. The minimum absolute atomic E-state index is 0.181. The van der Waals surface area contributed by atoms with Crippen LogP contribution in [0, 0.1) is 13.8 Å². The molecule has 0 aliphatic heterocycles. The number of allylic oxidation sites excluding steroid dienone is 1. The lowest BCUT2D eigenvalue weighted by Crippen LogP contribution is -2.30. The van der Waals surface area contributed by atoms with E-state index in [0.717, 1.165) is 11.4 Å². The number of carbonyl (C=O) groups is 2. The van der Waals surface area contributed by atoms with Crippen LogP contribution in [0.15, 0.2) is 66.9 Å². The number of carbonyl (C=O) groups excluding carboxylic acids is 2. The first-order chi connectivity index (χ1) is 14.0. The van der Waals surface area contributed by atoms with Crippen LogP contribution in [0.25, 0.3) is 5.57 Å². The standard InChI is InChI=1S/C23H20N4O2/c1-14-12-15(2)26-23(25-14)27-24-13-19-17-10-6-7-11-18(17)21(28)20(22(19)29)16-8-4-3-5-9-16/h3-13,20,24H,1-2H3,(H,25,26,27)/b19-13+/t20-/m1/s1. The number of nitrogens with one attached hydrogen (secondary N) is 2. The van der Waals surface area contributed by atoms with Crippen LogP contribution >= 0.6 is 0 Å². The second kappa shape index (κ2) is 7.67. The Labute approximate surface area is 168 Å². The van der Waals surface area contributed by atoms with Gasteiger partial charge in [0.05, 0.1) is 0 Å². The minimum Gasteiger partial charge on any atom is -0.305 e. The molecule has 29 heavy (non-hydrogen) atoms. The number of fused-ring (bicyclic) bond motifs is 1. The Morgan fingerprint density at radius 2 is 1.45 bits per heavy atom. The lowest BCUT2D eigenvalue weighted by Gasteiger charge is -2.25. The van der Waals surface area contributed by atoms with Crippen LogP contribution in [0.2, 0.25) is 0 Å². The largest absolute Gasteiger partial charge is 0.305 e. The molecule has 1 aliphatic carbocycles. The zero-order valence-corrected chi connectivity index (χ0v) is 16.1.